The molecule has 3 aromatic rings. The Balaban J connectivity index is 2.19. The minimum absolute atomic E-state index is 0.151. The molecule has 0 aliphatic heterocycles. The van der Waals surface area contributed by atoms with E-state index in [2.05, 4.69) is 28.6 Å². The number of benzene rings is 1. The van der Waals surface area contributed by atoms with Crippen LogP contribution in [-0.4, -0.2) is 9.55 Å². The lowest BCUT2D eigenvalue weighted by Crippen LogP contribution is -2.15. The van der Waals surface area contributed by atoms with Gasteiger partial charge in [0.25, 0.3) is 0 Å². The minimum atomic E-state index is -0.151. The quantitative estimate of drug-likeness (QED) is 0.767. The molecule has 0 radical (unpaired) electrons. The Morgan fingerprint density at radius 1 is 1.28 bits per heavy atom. The van der Waals surface area contributed by atoms with E-state index >= 15 is 0 Å². The Morgan fingerprint density at radius 2 is 2.11 bits per heavy atom. The number of thiophene rings is 1. The molecule has 0 bridgehead atoms. The molecule has 0 aliphatic rings. The van der Waals surface area contributed by atoms with Crippen molar-refractivity contribution in [2.45, 2.75) is 13.0 Å². The molecule has 2 N–H and O–H groups in total. The van der Waals surface area contributed by atoms with Gasteiger partial charge in [0, 0.05) is 11.9 Å². The average Bonchev–Trinajstić information content (AvgIpc) is 2.97. The van der Waals surface area contributed by atoms with Gasteiger partial charge in [-0.1, -0.05) is 18.2 Å². The first-order valence-corrected chi connectivity index (χ1v) is 6.77. The molecule has 1 unspecified atom stereocenters. The SMILES string of the molecule is Cc1cccc2nc(C(N)c3cccs3)n(C)c12. The van der Waals surface area contributed by atoms with Crippen molar-refractivity contribution >= 4 is 22.4 Å². The van der Waals surface area contributed by atoms with Crippen LogP contribution < -0.4 is 5.73 Å². The summed E-state index contributed by atoms with van der Waals surface area (Å²) in [6, 6.07) is 10.1. The third-order valence-corrected chi connectivity index (χ3v) is 4.21. The van der Waals surface area contributed by atoms with E-state index < -0.39 is 0 Å². The van der Waals surface area contributed by atoms with Gasteiger partial charge in [-0.25, -0.2) is 4.98 Å². The predicted octanol–water partition coefficient (Wildman–Crippen LogP) is 2.99. The first-order valence-electron chi connectivity index (χ1n) is 5.89. The Hall–Kier alpha value is -1.65. The number of hydrogen-bond donors (Lipinski definition) is 1. The molecule has 4 heteroatoms. The molecule has 0 spiro atoms. The summed E-state index contributed by atoms with van der Waals surface area (Å²) < 4.78 is 2.11. The molecule has 2 heterocycles. The van der Waals surface area contributed by atoms with Crippen LogP contribution >= 0.6 is 11.3 Å². The van der Waals surface area contributed by atoms with Gasteiger partial charge < -0.3 is 10.3 Å². The van der Waals surface area contributed by atoms with Gasteiger partial charge >= 0.3 is 0 Å². The molecule has 0 saturated heterocycles. The molecule has 3 rings (SSSR count). The summed E-state index contributed by atoms with van der Waals surface area (Å²) in [7, 11) is 2.03. The van der Waals surface area contributed by atoms with Gasteiger partial charge in [0.15, 0.2) is 0 Å². The number of hydrogen-bond acceptors (Lipinski definition) is 3. The molecule has 2 aromatic heterocycles. The molecule has 1 aromatic carbocycles. The second kappa shape index (κ2) is 4.23. The van der Waals surface area contributed by atoms with Crippen molar-refractivity contribution in [3.63, 3.8) is 0 Å². The molecule has 0 fully saturated rings. The number of imidazole rings is 1. The van der Waals surface area contributed by atoms with Crippen LogP contribution in [0.15, 0.2) is 35.7 Å². The second-order valence-corrected chi connectivity index (χ2v) is 5.44. The van der Waals surface area contributed by atoms with Crippen LogP contribution in [0.4, 0.5) is 0 Å². The van der Waals surface area contributed by atoms with Crippen molar-refractivity contribution < 1.29 is 0 Å². The maximum absolute atomic E-state index is 6.30. The van der Waals surface area contributed by atoms with Gasteiger partial charge in [-0.3, -0.25) is 0 Å². The van der Waals surface area contributed by atoms with Crippen molar-refractivity contribution in [3.05, 3.63) is 52.0 Å². The number of nitrogens with two attached hydrogens (primary N) is 1. The van der Waals surface area contributed by atoms with Gasteiger partial charge in [-0.15, -0.1) is 11.3 Å². The maximum Gasteiger partial charge on any atom is 0.132 e. The monoisotopic (exact) mass is 257 g/mol. The predicted molar refractivity (Wildman–Crippen MR) is 75.8 cm³/mol. The third-order valence-electron chi connectivity index (χ3n) is 3.26. The number of nitrogens with zero attached hydrogens (tertiary/aromatic N) is 2. The zero-order valence-corrected chi connectivity index (χ0v) is 11.2. The lowest BCUT2D eigenvalue weighted by atomic mass is 10.2. The lowest BCUT2D eigenvalue weighted by Gasteiger charge is -2.10. The van der Waals surface area contributed by atoms with E-state index in [0.29, 0.717) is 0 Å². The Kier molecular flexibility index (Phi) is 2.69. The van der Waals surface area contributed by atoms with E-state index in [1.54, 1.807) is 11.3 Å². The molecule has 18 heavy (non-hydrogen) atoms. The number of aryl methyl sites for hydroxylation is 2. The molecular formula is C14H15N3S. The van der Waals surface area contributed by atoms with Crippen LogP contribution in [0.25, 0.3) is 11.0 Å². The first-order chi connectivity index (χ1) is 8.68. The number of rotatable bonds is 2. The lowest BCUT2D eigenvalue weighted by molar-refractivity contribution is 0.737. The zero-order chi connectivity index (χ0) is 12.7. The smallest absolute Gasteiger partial charge is 0.132 e. The van der Waals surface area contributed by atoms with Crippen molar-refractivity contribution in [3.8, 4) is 0 Å². The second-order valence-electron chi connectivity index (χ2n) is 4.46. The van der Waals surface area contributed by atoms with E-state index in [0.717, 1.165) is 16.2 Å². The van der Waals surface area contributed by atoms with E-state index in [-0.39, 0.29) is 6.04 Å². The molecular weight excluding hydrogens is 242 g/mol. The van der Waals surface area contributed by atoms with E-state index in [1.165, 1.54) is 11.1 Å². The topological polar surface area (TPSA) is 43.8 Å². The van der Waals surface area contributed by atoms with Gasteiger partial charge in [-0.2, -0.15) is 0 Å². The van der Waals surface area contributed by atoms with Crippen molar-refractivity contribution in [1.82, 2.24) is 9.55 Å². The van der Waals surface area contributed by atoms with Crippen LogP contribution in [0.3, 0.4) is 0 Å². The number of fused-ring (bicyclic) bond motifs is 1. The maximum atomic E-state index is 6.30. The summed E-state index contributed by atoms with van der Waals surface area (Å²) in [4.78, 5) is 5.82. The standard InChI is InChI=1S/C14H15N3S/c1-9-5-3-6-10-13(9)17(2)14(16-10)12(15)11-7-4-8-18-11/h3-8,12H,15H2,1-2H3. The number of para-hydroxylation sites is 1. The fourth-order valence-electron chi connectivity index (χ4n) is 2.36. The summed E-state index contributed by atoms with van der Waals surface area (Å²) in [5.41, 5.74) is 9.71. The molecule has 0 saturated carbocycles. The van der Waals surface area contributed by atoms with Crippen LogP contribution in [0.2, 0.25) is 0 Å². The van der Waals surface area contributed by atoms with E-state index in [1.807, 2.05) is 30.6 Å². The van der Waals surface area contributed by atoms with Crippen molar-refractivity contribution in [2.24, 2.45) is 12.8 Å². The van der Waals surface area contributed by atoms with E-state index in [4.69, 9.17) is 5.73 Å². The average molecular weight is 257 g/mol. The minimum Gasteiger partial charge on any atom is -0.329 e. The highest BCUT2D eigenvalue weighted by Crippen LogP contribution is 2.27. The highest BCUT2D eigenvalue weighted by molar-refractivity contribution is 7.10. The summed E-state index contributed by atoms with van der Waals surface area (Å²) in [5.74, 6) is 0.918. The fraction of sp³-hybridized carbons (Fsp3) is 0.214. The third kappa shape index (κ3) is 1.65. The molecule has 0 aliphatic carbocycles. The van der Waals surface area contributed by atoms with Gasteiger partial charge in [-0.05, 0) is 30.0 Å². The highest BCUT2D eigenvalue weighted by Gasteiger charge is 2.18. The van der Waals surface area contributed by atoms with Crippen LogP contribution in [0, 0.1) is 6.92 Å². The van der Waals surface area contributed by atoms with Crippen molar-refractivity contribution in [1.29, 1.82) is 0 Å². The van der Waals surface area contributed by atoms with Gasteiger partial charge in [0.2, 0.25) is 0 Å². The van der Waals surface area contributed by atoms with E-state index in [9.17, 15) is 0 Å². The van der Waals surface area contributed by atoms with Gasteiger partial charge in [0.05, 0.1) is 17.1 Å². The fourth-order valence-corrected chi connectivity index (χ4v) is 3.08. The molecule has 0 amide bonds. The first kappa shape index (κ1) is 11.4. The summed E-state index contributed by atoms with van der Waals surface area (Å²) in [6.45, 7) is 2.10. The highest BCUT2D eigenvalue weighted by atomic mass is 32.1. The zero-order valence-electron chi connectivity index (χ0n) is 10.4. The summed E-state index contributed by atoms with van der Waals surface area (Å²) in [6.07, 6.45) is 0. The molecule has 92 valence electrons. The molecule has 3 nitrogen and oxygen atoms in total. The Morgan fingerprint density at radius 3 is 2.78 bits per heavy atom. The molecule has 1 atom stereocenters. The van der Waals surface area contributed by atoms with Crippen LogP contribution in [0.1, 0.15) is 22.3 Å². The number of aromatic nitrogens is 2. The van der Waals surface area contributed by atoms with Crippen LogP contribution in [0.5, 0.6) is 0 Å². The van der Waals surface area contributed by atoms with Gasteiger partial charge in [0.1, 0.15) is 5.82 Å². The van der Waals surface area contributed by atoms with Crippen LogP contribution in [-0.2, 0) is 7.05 Å². The Labute approximate surface area is 110 Å². The summed E-state index contributed by atoms with van der Waals surface area (Å²) >= 11 is 1.67. The normalized spacial score (nSPS) is 13.1. The van der Waals surface area contributed by atoms with Crippen molar-refractivity contribution in [2.75, 3.05) is 0 Å². The largest absolute Gasteiger partial charge is 0.329 e. The summed E-state index contributed by atoms with van der Waals surface area (Å²) in [5, 5.41) is 2.04. The Bertz CT molecular complexity index is 682.